The number of hydrogen-bond donors (Lipinski definition) is 2. The topological polar surface area (TPSA) is 77.4 Å². The average molecular weight is 585 g/mol. The zero-order valence-corrected chi connectivity index (χ0v) is 25.2. The van der Waals surface area contributed by atoms with Gasteiger partial charge >= 0.3 is 0 Å². The van der Waals surface area contributed by atoms with Gasteiger partial charge in [-0.05, 0) is 85.3 Å². The molecule has 228 valence electrons. The normalized spacial score (nSPS) is 18.2. The van der Waals surface area contributed by atoms with Gasteiger partial charge in [0.2, 0.25) is 0 Å². The molecule has 2 unspecified atom stereocenters. The molecule has 6 heteroatoms. The lowest BCUT2D eigenvalue weighted by molar-refractivity contribution is -0.106. The number of para-hydroxylation sites is 2. The Morgan fingerprint density at radius 3 is 1.19 bits per heavy atom. The molecule has 2 N–H and O–H groups in total. The fourth-order valence-corrected chi connectivity index (χ4v) is 4.83. The van der Waals surface area contributed by atoms with Crippen LogP contribution in [0.5, 0.6) is 23.0 Å². The first-order valence-corrected chi connectivity index (χ1v) is 15.2. The molecule has 0 bridgehead atoms. The molecule has 6 rings (SSSR count). The highest BCUT2D eigenvalue weighted by Crippen LogP contribution is 2.34. The van der Waals surface area contributed by atoms with E-state index in [1.165, 1.54) is 24.0 Å². The van der Waals surface area contributed by atoms with Crippen molar-refractivity contribution in [2.24, 2.45) is 0 Å². The second-order valence-electron chi connectivity index (χ2n) is 11.2. The van der Waals surface area contributed by atoms with Gasteiger partial charge in [0.15, 0.2) is 12.6 Å². The number of benzene rings is 4. The number of rotatable bonds is 6. The largest absolute Gasteiger partial charge is 0.508 e. The molecule has 0 aliphatic carbocycles. The van der Waals surface area contributed by atoms with Crippen LogP contribution in [0.3, 0.4) is 0 Å². The number of hydrogen-bond acceptors (Lipinski definition) is 6. The van der Waals surface area contributed by atoms with E-state index in [2.05, 4.69) is 38.1 Å². The molecule has 2 atom stereocenters. The Kier molecular flexibility index (Phi) is 12.3. The zero-order valence-electron chi connectivity index (χ0n) is 25.2. The molecule has 0 spiro atoms. The summed E-state index contributed by atoms with van der Waals surface area (Å²) in [4.78, 5) is 0. The van der Waals surface area contributed by atoms with E-state index in [0.29, 0.717) is 11.5 Å². The van der Waals surface area contributed by atoms with Gasteiger partial charge in [-0.1, -0.05) is 74.5 Å². The van der Waals surface area contributed by atoms with E-state index in [4.69, 9.17) is 29.2 Å². The number of phenolic OH excluding ortho intramolecular Hbond substituents is 2. The molecule has 43 heavy (non-hydrogen) atoms. The molecule has 4 aromatic rings. The fraction of sp³-hybridized carbons (Fsp3) is 0.351. The maximum Gasteiger partial charge on any atom is 0.199 e. The second kappa shape index (κ2) is 16.6. The SMILES string of the molecule is CC(C)(c1ccc(OC2CCCCO2)cc1)c1ccc(OC2CCCCO2)cc1.Oc1ccccc1.Oc1ccccc1. The first-order chi connectivity index (χ1) is 20.9. The maximum absolute atomic E-state index is 8.63. The lowest BCUT2D eigenvalue weighted by atomic mass is 9.78. The van der Waals surface area contributed by atoms with Crippen LogP contribution in [0.2, 0.25) is 0 Å². The van der Waals surface area contributed by atoms with E-state index >= 15 is 0 Å². The Bertz CT molecular complexity index is 1190. The number of aromatic hydroxyl groups is 2. The predicted octanol–water partition coefficient (Wildman–Crippen LogP) is 8.61. The highest BCUT2D eigenvalue weighted by Gasteiger charge is 2.24. The van der Waals surface area contributed by atoms with E-state index in [1.807, 2.05) is 36.4 Å². The monoisotopic (exact) mass is 584 g/mol. The van der Waals surface area contributed by atoms with Crippen molar-refractivity contribution in [3.8, 4) is 23.0 Å². The van der Waals surface area contributed by atoms with E-state index in [9.17, 15) is 0 Å². The van der Waals surface area contributed by atoms with Crippen molar-refractivity contribution < 1.29 is 29.2 Å². The molecule has 4 aromatic carbocycles. The third kappa shape index (κ3) is 10.7. The number of ether oxygens (including phenoxy) is 4. The molecular weight excluding hydrogens is 540 g/mol. The lowest BCUT2D eigenvalue weighted by Gasteiger charge is -2.28. The van der Waals surface area contributed by atoms with Crippen molar-refractivity contribution in [2.45, 2.75) is 70.4 Å². The summed E-state index contributed by atoms with van der Waals surface area (Å²) in [5.41, 5.74) is 2.39. The molecule has 2 aliphatic rings. The van der Waals surface area contributed by atoms with Crippen LogP contribution in [0.4, 0.5) is 0 Å². The standard InChI is InChI=1S/C25H32O4.2C6H6O/c1-25(2,19-9-13-21(14-10-19)28-23-7-3-5-17-26-23)20-11-15-22(16-12-20)29-24-8-4-6-18-27-24;2*7-6-4-2-1-3-5-6/h9-16,23-24H,3-8,17-18H2,1-2H3;2*1-5,7H. The Morgan fingerprint density at radius 1 is 0.535 bits per heavy atom. The maximum atomic E-state index is 8.63. The first kappa shape index (κ1) is 31.9. The van der Waals surface area contributed by atoms with Gasteiger partial charge in [0.25, 0.3) is 0 Å². The molecule has 2 saturated heterocycles. The Morgan fingerprint density at radius 2 is 0.907 bits per heavy atom. The van der Waals surface area contributed by atoms with Gasteiger partial charge in [-0.3, -0.25) is 0 Å². The lowest BCUT2D eigenvalue weighted by Crippen LogP contribution is -2.25. The van der Waals surface area contributed by atoms with E-state index in [0.717, 1.165) is 50.4 Å². The first-order valence-electron chi connectivity index (χ1n) is 15.2. The van der Waals surface area contributed by atoms with Gasteiger partial charge in [-0.15, -0.1) is 0 Å². The fourth-order valence-electron chi connectivity index (χ4n) is 4.83. The van der Waals surface area contributed by atoms with Crippen LogP contribution in [0.15, 0.2) is 109 Å². The molecular formula is C37H44O6. The summed E-state index contributed by atoms with van der Waals surface area (Å²) in [7, 11) is 0. The van der Waals surface area contributed by atoms with Crippen LogP contribution in [0.1, 0.15) is 63.5 Å². The van der Waals surface area contributed by atoms with Crippen LogP contribution < -0.4 is 9.47 Å². The van der Waals surface area contributed by atoms with E-state index in [-0.39, 0.29) is 18.0 Å². The Labute approximate surface area is 255 Å². The molecule has 0 saturated carbocycles. The molecule has 2 heterocycles. The minimum Gasteiger partial charge on any atom is -0.508 e. The molecule has 2 aliphatic heterocycles. The van der Waals surface area contributed by atoms with Gasteiger partial charge in [0, 0.05) is 18.3 Å². The van der Waals surface area contributed by atoms with Gasteiger partial charge in [0.1, 0.15) is 23.0 Å². The summed E-state index contributed by atoms with van der Waals surface area (Å²) in [5.74, 6) is 2.38. The van der Waals surface area contributed by atoms with Gasteiger partial charge in [0.05, 0.1) is 13.2 Å². The van der Waals surface area contributed by atoms with Crippen molar-refractivity contribution in [1.29, 1.82) is 0 Å². The van der Waals surface area contributed by atoms with E-state index in [1.54, 1.807) is 48.5 Å². The quantitative estimate of drug-likeness (QED) is 0.236. The van der Waals surface area contributed by atoms with Crippen LogP contribution in [-0.4, -0.2) is 36.0 Å². The van der Waals surface area contributed by atoms with Crippen LogP contribution in [-0.2, 0) is 14.9 Å². The zero-order chi connectivity index (χ0) is 30.3. The van der Waals surface area contributed by atoms with Crippen LogP contribution >= 0.6 is 0 Å². The minimum atomic E-state index is -0.111. The molecule has 6 nitrogen and oxygen atoms in total. The van der Waals surface area contributed by atoms with Gasteiger partial charge in [-0.2, -0.15) is 0 Å². The Hall–Kier alpha value is -4.00. The summed E-state index contributed by atoms with van der Waals surface area (Å²) >= 11 is 0. The highest BCUT2D eigenvalue weighted by atomic mass is 16.7. The second-order valence-corrected chi connectivity index (χ2v) is 11.2. The summed E-state index contributed by atoms with van der Waals surface area (Å²) in [6, 6.07) is 34.2. The Balaban J connectivity index is 0.000000246. The van der Waals surface area contributed by atoms with Crippen molar-refractivity contribution in [3.63, 3.8) is 0 Å². The van der Waals surface area contributed by atoms with Gasteiger partial charge < -0.3 is 29.2 Å². The van der Waals surface area contributed by atoms with Crippen LogP contribution in [0.25, 0.3) is 0 Å². The van der Waals surface area contributed by atoms with Crippen molar-refractivity contribution >= 4 is 0 Å². The molecule has 2 fully saturated rings. The summed E-state index contributed by atoms with van der Waals surface area (Å²) in [5, 5.41) is 17.3. The summed E-state index contributed by atoms with van der Waals surface area (Å²) in [6.07, 6.45) is 6.31. The van der Waals surface area contributed by atoms with Crippen molar-refractivity contribution in [2.75, 3.05) is 13.2 Å². The van der Waals surface area contributed by atoms with Crippen molar-refractivity contribution in [1.82, 2.24) is 0 Å². The smallest absolute Gasteiger partial charge is 0.199 e. The predicted molar refractivity (Wildman–Crippen MR) is 170 cm³/mol. The third-order valence-electron chi connectivity index (χ3n) is 7.48. The molecule has 0 radical (unpaired) electrons. The average Bonchev–Trinajstić information content (AvgIpc) is 3.04. The van der Waals surface area contributed by atoms with Crippen LogP contribution in [0, 0.1) is 0 Å². The summed E-state index contributed by atoms with van der Waals surface area (Å²) < 4.78 is 23.3. The number of phenols is 2. The molecule has 0 aromatic heterocycles. The van der Waals surface area contributed by atoms with Crippen molar-refractivity contribution in [3.05, 3.63) is 120 Å². The summed E-state index contributed by atoms with van der Waals surface area (Å²) in [6.45, 7) is 6.07. The third-order valence-corrected chi connectivity index (χ3v) is 7.48. The van der Waals surface area contributed by atoms with E-state index < -0.39 is 0 Å². The minimum absolute atomic E-state index is 0.108. The van der Waals surface area contributed by atoms with Gasteiger partial charge in [-0.25, -0.2) is 0 Å². The molecule has 0 amide bonds. The highest BCUT2D eigenvalue weighted by molar-refractivity contribution is 5.42.